The maximum absolute atomic E-state index is 15.1. The molecule has 1 atom stereocenters. The van der Waals surface area contributed by atoms with Crippen LogP contribution in [-0.4, -0.2) is 19.3 Å². The molecule has 0 amide bonds. The van der Waals surface area contributed by atoms with E-state index in [9.17, 15) is 26.7 Å². The molecule has 0 saturated carbocycles. The number of anilines is 1. The summed E-state index contributed by atoms with van der Waals surface area (Å²) < 4.78 is 86.6. The number of hydrogen-bond acceptors (Lipinski definition) is 5. The van der Waals surface area contributed by atoms with Gasteiger partial charge in [0.05, 0.1) is 11.9 Å². The van der Waals surface area contributed by atoms with Crippen LogP contribution in [0.2, 0.25) is 0 Å². The molecule has 2 aromatic heterocycles. The predicted octanol–water partition coefficient (Wildman–Crippen LogP) is 4.93. The molecule has 0 saturated heterocycles. The van der Waals surface area contributed by atoms with E-state index < -0.39 is 52.2 Å². The average Bonchev–Trinajstić information content (AvgIpc) is 3.28. The number of alkyl halides is 3. The highest BCUT2D eigenvalue weighted by Crippen LogP contribution is 2.39. The van der Waals surface area contributed by atoms with Crippen molar-refractivity contribution in [1.82, 2.24) is 19.3 Å². The lowest BCUT2D eigenvalue weighted by Gasteiger charge is -2.21. The standard InChI is InChI=1S/C25H20F6N6O/c1-12(15-11-34-37(23(15)25(29,30)31)18-7-6-14(26)10-17(18)28)22(33)13(2)21-16(27)4-3-5-19(21)36-9-8-20(32)35-24(36)38/h3-11,13H,33H2,1-2H3,(H2,32,35,38)/b22-12-. The van der Waals surface area contributed by atoms with Gasteiger partial charge in [-0.3, -0.25) is 4.57 Å². The molecular weight excluding hydrogens is 514 g/mol. The Morgan fingerprint density at radius 1 is 1.03 bits per heavy atom. The molecule has 198 valence electrons. The van der Waals surface area contributed by atoms with Crippen LogP contribution in [0.5, 0.6) is 0 Å². The Labute approximate surface area is 211 Å². The molecule has 7 nitrogen and oxygen atoms in total. The second-order valence-corrected chi connectivity index (χ2v) is 8.39. The van der Waals surface area contributed by atoms with E-state index in [2.05, 4.69) is 10.1 Å². The van der Waals surface area contributed by atoms with Gasteiger partial charge < -0.3 is 11.5 Å². The van der Waals surface area contributed by atoms with Crippen molar-refractivity contribution in [2.75, 3.05) is 5.73 Å². The van der Waals surface area contributed by atoms with Gasteiger partial charge in [-0.05, 0) is 42.8 Å². The molecule has 13 heteroatoms. The number of benzene rings is 2. The first-order chi connectivity index (χ1) is 17.8. The molecule has 0 aliphatic rings. The van der Waals surface area contributed by atoms with E-state index in [-0.39, 0.29) is 28.3 Å². The molecule has 4 aromatic rings. The fraction of sp³-hybridized carbons (Fsp3) is 0.160. The highest BCUT2D eigenvalue weighted by Gasteiger charge is 2.40. The summed E-state index contributed by atoms with van der Waals surface area (Å²) in [4.78, 5) is 16.0. The van der Waals surface area contributed by atoms with Gasteiger partial charge in [0.25, 0.3) is 0 Å². The zero-order valence-electron chi connectivity index (χ0n) is 19.9. The van der Waals surface area contributed by atoms with Crippen molar-refractivity contribution in [1.29, 1.82) is 0 Å². The lowest BCUT2D eigenvalue weighted by Crippen LogP contribution is -2.24. The Balaban J connectivity index is 1.89. The van der Waals surface area contributed by atoms with Crippen LogP contribution in [0.15, 0.2) is 65.3 Å². The molecule has 2 aromatic carbocycles. The van der Waals surface area contributed by atoms with Gasteiger partial charge in [-0.1, -0.05) is 13.0 Å². The minimum absolute atomic E-state index is 0.0539. The number of hydrogen-bond donors (Lipinski definition) is 2. The number of aromatic nitrogens is 4. The van der Waals surface area contributed by atoms with Crippen LogP contribution in [0.3, 0.4) is 0 Å². The number of nitrogen functional groups attached to an aromatic ring is 1. The van der Waals surface area contributed by atoms with Gasteiger partial charge in [0.2, 0.25) is 0 Å². The van der Waals surface area contributed by atoms with Crippen LogP contribution < -0.4 is 17.2 Å². The Morgan fingerprint density at radius 2 is 1.74 bits per heavy atom. The monoisotopic (exact) mass is 534 g/mol. The minimum Gasteiger partial charge on any atom is -0.401 e. The third kappa shape index (κ3) is 4.74. The van der Waals surface area contributed by atoms with Crippen LogP contribution in [0.25, 0.3) is 16.9 Å². The maximum atomic E-state index is 15.1. The second-order valence-electron chi connectivity index (χ2n) is 8.39. The van der Waals surface area contributed by atoms with E-state index in [1.165, 1.54) is 38.2 Å². The smallest absolute Gasteiger partial charge is 0.401 e. The zero-order valence-corrected chi connectivity index (χ0v) is 19.9. The molecule has 1 unspecified atom stereocenters. The fourth-order valence-corrected chi connectivity index (χ4v) is 4.13. The van der Waals surface area contributed by atoms with Crippen molar-refractivity contribution < 1.29 is 26.3 Å². The Morgan fingerprint density at radius 3 is 2.37 bits per heavy atom. The molecular formula is C25H20F6N6O. The predicted molar refractivity (Wildman–Crippen MR) is 128 cm³/mol. The van der Waals surface area contributed by atoms with Gasteiger partial charge in [0.1, 0.15) is 23.1 Å². The van der Waals surface area contributed by atoms with Gasteiger partial charge in [-0.25, -0.2) is 22.6 Å². The number of rotatable bonds is 5. The summed E-state index contributed by atoms with van der Waals surface area (Å²) in [6.45, 7) is 2.73. The number of nitrogens with two attached hydrogens (primary N) is 2. The molecule has 4 N–H and O–H groups in total. The van der Waals surface area contributed by atoms with Crippen LogP contribution in [0.4, 0.5) is 32.2 Å². The molecule has 0 bridgehead atoms. The van der Waals surface area contributed by atoms with Crippen molar-refractivity contribution in [2.45, 2.75) is 25.9 Å². The van der Waals surface area contributed by atoms with Crippen molar-refractivity contribution in [2.24, 2.45) is 5.73 Å². The highest BCUT2D eigenvalue weighted by atomic mass is 19.4. The summed E-state index contributed by atoms with van der Waals surface area (Å²) in [6.07, 6.45) is -2.90. The third-order valence-electron chi connectivity index (χ3n) is 6.03. The lowest BCUT2D eigenvalue weighted by molar-refractivity contribution is -0.143. The maximum Gasteiger partial charge on any atom is 0.434 e. The van der Waals surface area contributed by atoms with Crippen molar-refractivity contribution >= 4 is 11.4 Å². The number of nitrogens with zero attached hydrogens (tertiary/aromatic N) is 4. The van der Waals surface area contributed by atoms with Gasteiger partial charge in [-0.2, -0.15) is 23.3 Å². The van der Waals surface area contributed by atoms with Crippen LogP contribution in [0.1, 0.15) is 36.6 Å². The summed E-state index contributed by atoms with van der Waals surface area (Å²) in [6, 6.07) is 7.27. The second kappa shape index (κ2) is 9.72. The molecule has 38 heavy (non-hydrogen) atoms. The van der Waals surface area contributed by atoms with Gasteiger partial charge >= 0.3 is 11.9 Å². The first-order valence-corrected chi connectivity index (χ1v) is 11.0. The summed E-state index contributed by atoms with van der Waals surface area (Å²) in [5.74, 6) is -4.09. The van der Waals surface area contributed by atoms with E-state index in [1.807, 2.05) is 0 Å². The first kappa shape index (κ1) is 26.5. The normalized spacial score (nSPS) is 13.4. The van der Waals surface area contributed by atoms with Crippen molar-refractivity contribution in [3.63, 3.8) is 0 Å². The molecule has 0 radical (unpaired) electrons. The van der Waals surface area contributed by atoms with Gasteiger partial charge in [-0.15, -0.1) is 0 Å². The minimum atomic E-state index is -5.02. The van der Waals surface area contributed by atoms with Crippen LogP contribution in [-0.2, 0) is 6.18 Å². The van der Waals surface area contributed by atoms with E-state index >= 15 is 4.39 Å². The molecule has 0 spiro atoms. The topological polar surface area (TPSA) is 105 Å². The molecule has 2 heterocycles. The number of halogens is 6. The fourth-order valence-electron chi connectivity index (χ4n) is 4.13. The van der Waals surface area contributed by atoms with Gasteiger partial charge in [0, 0.05) is 35.0 Å². The quantitative estimate of drug-likeness (QED) is 0.354. The van der Waals surface area contributed by atoms with E-state index in [0.29, 0.717) is 10.7 Å². The van der Waals surface area contributed by atoms with Gasteiger partial charge in [0.15, 0.2) is 11.5 Å². The Bertz CT molecular complexity index is 1620. The van der Waals surface area contributed by atoms with Crippen molar-refractivity contribution in [3.8, 4) is 11.4 Å². The summed E-state index contributed by atoms with van der Waals surface area (Å²) in [5.41, 5.74) is 8.22. The van der Waals surface area contributed by atoms with E-state index in [1.54, 1.807) is 0 Å². The van der Waals surface area contributed by atoms with Crippen LogP contribution >= 0.6 is 0 Å². The largest absolute Gasteiger partial charge is 0.434 e. The SMILES string of the molecule is C/C(=C(/N)C(C)c1c(F)cccc1-n1ccc(N)nc1=O)c1cnn(-c2ccc(F)cc2F)c1C(F)(F)F. The van der Waals surface area contributed by atoms with Crippen molar-refractivity contribution in [3.05, 3.63) is 105 Å². The summed E-state index contributed by atoms with van der Waals surface area (Å²) in [5, 5.41) is 3.69. The summed E-state index contributed by atoms with van der Waals surface area (Å²) >= 11 is 0. The third-order valence-corrected chi connectivity index (χ3v) is 6.03. The first-order valence-electron chi connectivity index (χ1n) is 11.0. The zero-order chi connectivity index (χ0) is 27.9. The molecule has 0 aliphatic heterocycles. The van der Waals surface area contributed by atoms with Crippen LogP contribution in [0, 0.1) is 17.5 Å². The molecule has 4 rings (SSSR count). The van der Waals surface area contributed by atoms with E-state index in [0.717, 1.165) is 29.0 Å². The number of allylic oxidation sites excluding steroid dienone is 2. The molecule has 0 aliphatic carbocycles. The lowest BCUT2D eigenvalue weighted by atomic mass is 9.91. The Hall–Kier alpha value is -4.55. The average molecular weight is 534 g/mol. The summed E-state index contributed by atoms with van der Waals surface area (Å²) in [7, 11) is 0. The molecule has 0 fully saturated rings. The van der Waals surface area contributed by atoms with E-state index in [4.69, 9.17) is 11.5 Å². The Kier molecular flexibility index (Phi) is 6.78. The highest BCUT2D eigenvalue weighted by molar-refractivity contribution is 5.70.